The summed E-state index contributed by atoms with van der Waals surface area (Å²) in [4.78, 5) is 10.2. The lowest BCUT2D eigenvalue weighted by Gasteiger charge is -2.31. The zero-order chi connectivity index (χ0) is 21.5. The Morgan fingerprint density at radius 3 is 2.90 bits per heavy atom. The van der Waals surface area contributed by atoms with Gasteiger partial charge in [0.05, 0.1) is 12.7 Å². The van der Waals surface area contributed by atoms with Gasteiger partial charge in [0, 0.05) is 56.9 Å². The molecule has 1 fully saturated rings. The third-order valence-electron chi connectivity index (χ3n) is 5.77. The van der Waals surface area contributed by atoms with Crippen LogP contribution >= 0.6 is 0 Å². The zero-order valence-corrected chi connectivity index (χ0v) is 18.5. The average molecular weight is 420 g/mol. The Labute approximate surface area is 184 Å². The van der Waals surface area contributed by atoms with Crippen molar-refractivity contribution in [3.63, 3.8) is 0 Å². The predicted molar refractivity (Wildman–Crippen MR) is 127 cm³/mol. The molecule has 3 aromatic rings. The summed E-state index contributed by atoms with van der Waals surface area (Å²) in [6, 6.07) is 17.2. The minimum absolute atomic E-state index is 0.317. The maximum atomic E-state index is 5.65. The minimum atomic E-state index is 0.317. The van der Waals surface area contributed by atoms with Crippen LogP contribution < -0.4 is 10.6 Å². The van der Waals surface area contributed by atoms with Crippen LogP contribution in [-0.2, 0) is 24.2 Å². The van der Waals surface area contributed by atoms with Crippen LogP contribution in [0.25, 0.3) is 10.9 Å². The Balaban J connectivity index is 1.25. The van der Waals surface area contributed by atoms with Gasteiger partial charge in [0.15, 0.2) is 5.96 Å². The SMILES string of the molecule is CN=C(NCCc1c[nH]c2ccccc12)NCc1cccc(CN2CCOC(C)C2)c1. The molecule has 2 heterocycles. The van der Waals surface area contributed by atoms with Crippen LogP contribution in [0.3, 0.4) is 0 Å². The van der Waals surface area contributed by atoms with Gasteiger partial charge >= 0.3 is 0 Å². The van der Waals surface area contributed by atoms with Crippen LogP contribution in [0.4, 0.5) is 0 Å². The van der Waals surface area contributed by atoms with E-state index in [4.69, 9.17) is 4.74 Å². The molecule has 164 valence electrons. The third-order valence-corrected chi connectivity index (χ3v) is 5.77. The van der Waals surface area contributed by atoms with Crippen molar-refractivity contribution in [3.8, 4) is 0 Å². The van der Waals surface area contributed by atoms with Gasteiger partial charge in [0.2, 0.25) is 0 Å². The van der Waals surface area contributed by atoms with Crippen molar-refractivity contribution in [2.24, 2.45) is 4.99 Å². The van der Waals surface area contributed by atoms with Crippen LogP contribution in [-0.4, -0.2) is 55.2 Å². The molecule has 1 aliphatic rings. The number of nitrogens with zero attached hydrogens (tertiary/aromatic N) is 2. The predicted octanol–water partition coefficient (Wildman–Crippen LogP) is 3.30. The number of nitrogens with one attached hydrogen (secondary N) is 3. The van der Waals surface area contributed by atoms with Crippen molar-refractivity contribution < 1.29 is 4.74 Å². The standard InChI is InChI=1S/C25H33N5O/c1-19-17-30(12-13-31-19)18-21-7-5-6-20(14-21)15-29-25(26-2)27-11-10-22-16-28-24-9-4-3-8-23(22)24/h3-9,14,16,19,28H,10-13,15,17-18H2,1-2H3,(H2,26,27,29). The highest BCUT2D eigenvalue weighted by Crippen LogP contribution is 2.17. The van der Waals surface area contributed by atoms with Gasteiger partial charge in [-0.15, -0.1) is 0 Å². The minimum Gasteiger partial charge on any atom is -0.376 e. The molecule has 1 saturated heterocycles. The van der Waals surface area contributed by atoms with E-state index in [0.29, 0.717) is 6.10 Å². The zero-order valence-electron chi connectivity index (χ0n) is 18.5. The number of aliphatic imine (C=N–C) groups is 1. The monoisotopic (exact) mass is 419 g/mol. The summed E-state index contributed by atoms with van der Waals surface area (Å²) < 4.78 is 5.65. The van der Waals surface area contributed by atoms with E-state index in [-0.39, 0.29) is 0 Å². The summed E-state index contributed by atoms with van der Waals surface area (Å²) in [5.74, 6) is 0.826. The molecule has 1 atom stereocenters. The van der Waals surface area contributed by atoms with Gasteiger partial charge in [-0.1, -0.05) is 42.5 Å². The molecule has 6 heteroatoms. The molecule has 0 aliphatic carbocycles. The van der Waals surface area contributed by atoms with Gasteiger partial charge < -0.3 is 20.4 Å². The number of H-pyrrole nitrogens is 1. The first-order valence-corrected chi connectivity index (χ1v) is 11.1. The smallest absolute Gasteiger partial charge is 0.191 e. The van der Waals surface area contributed by atoms with Crippen LogP contribution in [0, 0.1) is 0 Å². The first-order valence-electron chi connectivity index (χ1n) is 11.1. The van der Waals surface area contributed by atoms with Gasteiger partial charge in [-0.25, -0.2) is 0 Å². The fourth-order valence-electron chi connectivity index (χ4n) is 4.19. The van der Waals surface area contributed by atoms with E-state index in [2.05, 4.69) is 87.2 Å². The molecule has 31 heavy (non-hydrogen) atoms. The van der Waals surface area contributed by atoms with Crippen LogP contribution in [0.15, 0.2) is 59.7 Å². The lowest BCUT2D eigenvalue weighted by Crippen LogP contribution is -2.40. The summed E-state index contributed by atoms with van der Waals surface area (Å²) in [5, 5.41) is 8.16. The van der Waals surface area contributed by atoms with Crippen molar-refractivity contribution in [2.75, 3.05) is 33.3 Å². The summed E-state index contributed by atoms with van der Waals surface area (Å²) >= 11 is 0. The number of benzene rings is 2. The van der Waals surface area contributed by atoms with Crippen molar-refractivity contribution >= 4 is 16.9 Å². The first-order chi connectivity index (χ1) is 15.2. The highest BCUT2D eigenvalue weighted by atomic mass is 16.5. The molecule has 1 aliphatic heterocycles. The molecular formula is C25H33N5O. The summed E-state index contributed by atoms with van der Waals surface area (Å²) in [6.07, 6.45) is 3.36. The Hall–Kier alpha value is -2.83. The molecule has 4 rings (SSSR count). The third kappa shape index (κ3) is 5.87. The number of hydrogen-bond donors (Lipinski definition) is 3. The van der Waals surface area contributed by atoms with Crippen LogP contribution in [0.1, 0.15) is 23.6 Å². The van der Waals surface area contributed by atoms with Crippen molar-refractivity contribution in [1.82, 2.24) is 20.5 Å². The maximum absolute atomic E-state index is 5.65. The van der Waals surface area contributed by atoms with Crippen LogP contribution in [0.2, 0.25) is 0 Å². The lowest BCUT2D eigenvalue weighted by atomic mass is 10.1. The molecule has 0 amide bonds. The molecule has 0 spiro atoms. The van der Waals surface area contributed by atoms with Crippen molar-refractivity contribution in [3.05, 3.63) is 71.4 Å². The van der Waals surface area contributed by atoms with Gasteiger partial charge in [0.25, 0.3) is 0 Å². The van der Waals surface area contributed by atoms with Crippen molar-refractivity contribution in [2.45, 2.75) is 32.5 Å². The Kier molecular flexibility index (Phi) is 7.22. The molecule has 6 nitrogen and oxygen atoms in total. The molecule has 2 aromatic carbocycles. The number of hydrogen-bond acceptors (Lipinski definition) is 3. The van der Waals surface area contributed by atoms with E-state index in [0.717, 1.165) is 51.7 Å². The Bertz CT molecular complexity index is 1010. The molecule has 0 saturated carbocycles. The van der Waals surface area contributed by atoms with Crippen LogP contribution in [0.5, 0.6) is 0 Å². The second-order valence-corrected chi connectivity index (χ2v) is 8.20. The van der Waals surface area contributed by atoms with E-state index in [1.54, 1.807) is 0 Å². The normalized spacial score (nSPS) is 17.7. The van der Waals surface area contributed by atoms with E-state index in [1.807, 2.05) is 7.05 Å². The number of aromatic amines is 1. The number of fused-ring (bicyclic) bond motifs is 1. The number of aromatic nitrogens is 1. The topological polar surface area (TPSA) is 64.7 Å². The highest BCUT2D eigenvalue weighted by Gasteiger charge is 2.16. The number of para-hydroxylation sites is 1. The number of morpholine rings is 1. The maximum Gasteiger partial charge on any atom is 0.191 e. The molecular weight excluding hydrogens is 386 g/mol. The average Bonchev–Trinajstić information content (AvgIpc) is 3.19. The largest absolute Gasteiger partial charge is 0.376 e. The fourth-order valence-corrected chi connectivity index (χ4v) is 4.19. The molecule has 3 N–H and O–H groups in total. The Morgan fingerprint density at radius 1 is 1.16 bits per heavy atom. The molecule has 1 aromatic heterocycles. The van der Waals surface area contributed by atoms with Gasteiger partial charge in [0.1, 0.15) is 0 Å². The van der Waals surface area contributed by atoms with Gasteiger partial charge in [-0.3, -0.25) is 9.89 Å². The van der Waals surface area contributed by atoms with E-state index < -0.39 is 0 Å². The lowest BCUT2D eigenvalue weighted by molar-refractivity contribution is -0.0212. The van der Waals surface area contributed by atoms with E-state index >= 15 is 0 Å². The van der Waals surface area contributed by atoms with E-state index in [9.17, 15) is 0 Å². The molecule has 1 unspecified atom stereocenters. The molecule has 0 bridgehead atoms. The van der Waals surface area contributed by atoms with Gasteiger partial charge in [-0.05, 0) is 36.1 Å². The van der Waals surface area contributed by atoms with E-state index in [1.165, 1.54) is 27.6 Å². The summed E-state index contributed by atoms with van der Waals surface area (Å²) in [5.41, 5.74) is 5.11. The number of ether oxygens (including phenoxy) is 1. The van der Waals surface area contributed by atoms with Gasteiger partial charge in [-0.2, -0.15) is 0 Å². The summed E-state index contributed by atoms with van der Waals surface area (Å²) in [7, 11) is 1.82. The Morgan fingerprint density at radius 2 is 2.03 bits per heavy atom. The number of rotatable bonds is 7. The molecule has 0 radical (unpaired) electrons. The second kappa shape index (κ2) is 10.5. The van der Waals surface area contributed by atoms with Crippen molar-refractivity contribution in [1.29, 1.82) is 0 Å². The highest BCUT2D eigenvalue weighted by molar-refractivity contribution is 5.83. The fraction of sp³-hybridized carbons (Fsp3) is 0.400. The summed E-state index contributed by atoms with van der Waals surface area (Å²) in [6.45, 7) is 7.51. The second-order valence-electron chi connectivity index (χ2n) is 8.20. The first kappa shape index (κ1) is 21.4. The quantitative estimate of drug-likeness (QED) is 0.406. The number of guanidine groups is 1.